The van der Waals surface area contributed by atoms with Crippen LogP contribution in [0.3, 0.4) is 0 Å². The minimum Gasteiger partial charge on any atom is -0.462 e. The second-order valence-electron chi connectivity index (χ2n) is 5.12. The third kappa shape index (κ3) is 3.90. The number of hydrogen-bond donors (Lipinski definition) is 1. The number of rotatable bonds is 5. The van der Waals surface area contributed by atoms with Crippen LogP contribution in [0, 0.1) is 13.8 Å². The predicted octanol–water partition coefficient (Wildman–Crippen LogP) is 3.28. The maximum Gasteiger partial charge on any atom is 0.338 e. The molecule has 0 spiro atoms. The Kier molecular flexibility index (Phi) is 5.05. The Morgan fingerprint density at radius 2 is 1.61 bits per heavy atom. The van der Waals surface area contributed by atoms with E-state index < -0.39 is 16.0 Å². The van der Waals surface area contributed by atoms with Gasteiger partial charge in [0.2, 0.25) is 0 Å². The zero-order valence-electron chi connectivity index (χ0n) is 13.3. The van der Waals surface area contributed by atoms with Gasteiger partial charge in [0.1, 0.15) is 0 Å². The second-order valence-corrected chi connectivity index (χ2v) is 6.80. The Balaban J connectivity index is 2.28. The van der Waals surface area contributed by atoms with Crippen molar-refractivity contribution in [2.75, 3.05) is 11.3 Å². The maximum atomic E-state index is 12.5. The molecule has 1 N–H and O–H groups in total. The number of benzene rings is 2. The predicted molar refractivity (Wildman–Crippen MR) is 89.1 cm³/mol. The molecule has 0 aliphatic heterocycles. The standard InChI is InChI=1S/C17H19NO4S/c1-4-22-17(19)14-8-10-15(11-9-14)23(20,21)18-16-12(2)6-5-7-13(16)3/h5-11,18H,4H2,1-3H3. The average Bonchev–Trinajstić information content (AvgIpc) is 2.51. The van der Waals surface area contributed by atoms with Gasteiger partial charge in [-0.15, -0.1) is 0 Å². The number of para-hydroxylation sites is 1. The first-order chi connectivity index (χ1) is 10.8. The average molecular weight is 333 g/mol. The molecule has 0 amide bonds. The SMILES string of the molecule is CCOC(=O)c1ccc(S(=O)(=O)Nc2c(C)cccc2C)cc1. The first-order valence-electron chi connectivity index (χ1n) is 7.21. The molecule has 0 aliphatic carbocycles. The van der Waals surface area contributed by atoms with Gasteiger partial charge in [0, 0.05) is 0 Å². The number of carbonyl (C=O) groups excluding carboxylic acids is 1. The van der Waals surface area contributed by atoms with E-state index in [9.17, 15) is 13.2 Å². The van der Waals surface area contributed by atoms with Crippen molar-refractivity contribution in [3.05, 3.63) is 59.2 Å². The summed E-state index contributed by atoms with van der Waals surface area (Å²) in [6.45, 7) is 5.67. The van der Waals surface area contributed by atoms with E-state index in [4.69, 9.17) is 4.74 Å². The Hall–Kier alpha value is -2.34. The molecule has 23 heavy (non-hydrogen) atoms. The highest BCUT2D eigenvalue weighted by Gasteiger charge is 2.17. The number of nitrogens with one attached hydrogen (secondary N) is 1. The van der Waals surface area contributed by atoms with Crippen LogP contribution >= 0.6 is 0 Å². The van der Waals surface area contributed by atoms with Gasteiger partial charge in [-0.2, -0.15) is 0 Å². The van der Waals surface area contributed by atoms with Crippen molar-refractivity contribution in [3.8, 4) is 0 Å². The summed E-state index contributed by atoms with van der Waals surface area (Å²) in [5.41, 5.74) is 2.58. The lowest BCUT2D eigenvalue weighted by Crippen LogP contribution is -2.15. The zero-order valence-corrected chi connectivity index (χ0v) is 14.1. The number of sulfonamides is 1. The lowest BCUT2D eigenvalue weighted by molar-refractivity contribution is 0.0526. The third-order valence-electron chi connectivity index (χ3n) is 3.39. The van der Waals surface area contributed by atoms with Gasteiger partial charge in [-0.05, 0) is 56.2 Å². The summed E-state index contributed by atoms with van der Waals surface area (Å²) in [4.78, 5) is 11.7. The van der Waals surface area contributed by atoms with Gasteiger partial charge in [0.05, 0.1) is 22.8 Å². The van der Waals surface area contributed by atoms with Crippen LogP contribution in [0.5, 0.6) is 0 Å². The zero-order chi connectivity index (χ0) is 17.0. The molecule has 0 radical (unpaired) electrons. The summed E-state index contributed by atoms with van der Waals surface area (Å²) in [6.07, 6.45) is 0. The summed E-state index contributed by atoms with van der Waals surface area (Å²) in [5.74, 6) is -0.473. The molecule has 0 aliphatic rings. The fourth-order valence-corrected chi connectivity index (χ4v) is 3.36. The highest BCUT2D eigenvalue weighted by Crippen LogP contribution is 2.23. The summed E-state index contributed by atoms with van der Waals surface area (Å²) >= 11 is 0. The minimum absolute atomic E-state index is 0.0909. The Morgan fingerprint density at radius 3 is 2.13 bits per heavy atom. The summed E-state index contributed by atoms with van der Waals surface area (Å²) in [5, 5.41) is 0. The van der Waals surface area contributed by atoms with Crippen molar-refractivity contribution >= 4 is 21.7 Å². The van der Waals surface area contributed by atoms with E-state index >= 15 is 0 Å². The quantitative estimate of drug-likeness (QED) is 0.852. The van der Waals surface area contributed by atoms with Gasteiger partial charge in [-0.25, -0.2) is 13.2 Å². The van der Waals surface area contributed by atoms with Gasteiger partial charge in [-0.1, -0.05) is 18.2 Å². The molecule has 0 unspecified atom stereocenters. The van der Waals surface area contributed by atoms with Crippen molar-refractivity contribution in [2.45, 2.75) is 25.7 Å². The highest BCUT2D eigenvalue weighted by molar-refractivity contribution is 7.92. The molecule has 0 aromatic heterocycles. The monoisotopic (exact) mass is 333 g/mol. The molecule has 0 heterocycles. The van der Waals surface area contributed by atoms with Crippen molar-refractivity contribution in [3.63, 3.8) is 0 Å². The number of esters is 1. The van der Waals surface area contributed by atoms with Crippen molar-refractivity contribution in [1.29, 1.82) is 0 Å². The molecule has 2 rings (SSSR count). The van der Waals surface area contributed by atoms with Crippen LogP contribution in [0.15, 0.2) is 47.4 Å². The first kappa shape index (κ1) is 17.0. The van der Waals surface area contributed by atoms with Crippen molar-refractivity contribution < 1.29 is 17.9 Å². The molecule has 0 atom stereocenters. The molecule has 122 valence electrons. The summed E-state index contributed by atoms with van der Waals surface area (Å²) in [7, 11) is -3.72. The van der Waals surface area contributed by atoms with Crippen LogP contribution in [0.2, 0.25) is 0 Å². The first-order valence-corrected chi connectivity index (χ1v) is 8.69. The molecule has 0 saturated heterocycles. The Labute approximate surface area is 136 Å². The van der Waals surface area contributed by atoms with Crippen LogP contribution in [-0.4, -0.2) is 21.0 Å². The number of ether oxygens (including phenoxy) is 1. The van der Waals surface area contributed by atoms with Crippen molar-refractivity contribution in [2.24, 2.45) is 0 Å². The van der Waals surface area contributed by atoms with Gasteiger partial charge in [0.15, 0.2) is 0 Å². The lowest BCUT2D eigenvalue weighted by Gasteiger charge is -2.13. The lowest BCUT2D eigenvalue weighted by atomic mass is 10.1. The number of aryl methyl sites for hydroxylation is 2. The number of anilines is 1. The van der Waals surface area contributed by atoms with Gasteiger partial charge in [0.25, 0.3) is 10.0 Å². The second kappa shape index (κ2) is 6.83. The van der Waals surface area contributed by atoms with E-state index in [2.05, 4.69) is 4.72 Å². The molecule has 6 heteroatoms. The van der Waals surface area contributed by atoms with E-state index in [1.165, 1.54) is 24.3 Å². The van der Waals surface area contributed by atoms with Crippen molar-refractivity contribution in [1.82, 2.24) is 0 Å². The minimum atomic E-state index is -3.72. The fourth-order valence-electron chi connectivity index (χ4n) is 2.15. The van der Waals surface area contributed by atoms with Gasteiger partial charge in [-0.3, -0.25) is 4.72 Å². The van der Waals surface area contributed by atoms with Gasteiger partial charge < -0.3 is 4.74 Å². The number of carbonyl (C=O) groups is 1. The molecule has 2 aromatic carbocycles. The van der Waals surface area contributed by atoms with E-state index in [-0.39, 0.29) is 11.5 Å². The highest BCUT2D eigenvalue weighted by atomic mass is 32.2. The molecule has 0 bridgehead atoms. The largest absolute Gasteiger partial charge is 0.462 e. The summed E-state index contributed by atoms with van der Waals surface area (Å²) < 4.78 is 32.4. The maximum absolute atomic E-state index is 12.5. The summed E-state index contributed by atoms with van der Waals surface area (Å²) in [6, 6.07) is 11.2. The molecule has 2 aromatic rings. The normalized spacial score (nSPS) is 11.1. The van der Waals surface area contributed by atoms with E-state index in [1.807, 2.05) is 32.0 Å². The van der Waals surface area contributed by atoms with Crippen LogP contribution in [0.25, 0.3) is 0 Å². The van der Waals surface area contributed by atoms with E-state index in [0.29, 0.717) is 11.3 Å². The Bertz CT molecular complexity index is 791. The fraction of sp³-hybridized carbons (Fsp3) is 0.235. The van der Waals surface area contributed by atoms with Crippen LogP contribution in [0.1, 0.15) is 28.4 Å². The Morgan fingerprint density at radius 1 is 1.04 bits per heavy atom. The smallest absolute Gasteiger partial charge is 0.338 e. The van der Waals surface area contributed by atoms with Crippen LogP contribution in [0.4, 0.5) is 5.69 Å². The molecular weight excluding hydrogens is 314 g/mol. The molecule has 0 fully saturated rings. The van der Waals surface area contributed by atoms with Crippen LogP contribution in [-0.2, 0) is 14.8 Å². The topological polar surface area (TPSA) is 72.5 Å². The molecule has 0 saturated carbocycles. The molecule has 5 nitrogen and oxygen atoms in total. The van der Waals surface area contributed by atoms with Crippen LogP contribution < -0.4 is 4.72 Å². The van der Waals surface area contributed by atoms with E-state index in [1.54, 1.807) is 6.92 Å². The van der Waals surface area contributed by atoms with Gasteiger partial charge >= 0.3 is 5.97 Å². The molecular formula is C17H19NO4S. The van der Waals surface area contributed by atoms with E-state index in [0.717, 1.165) is 11.1 Å². The third-order valence-corrected chi connectivity index (χ3v) is 4.76. The number of hydrogen-bond acceptors (Lipinski definition) is 4.